The van der Waals surface area contributed by atoms with Gasteiger partial charge in [-0.1, -0.05) is 12.1 Å². The topological polar surface area (TPSA) is 99.9 Å². The monoisotopic (exact) mass is 457 g/mol. The van der Waals surface area contributed by atoms with Crippen molar-refractivity contribution in [3.8, 4) is 11.8 Å². The summed E-state index contributed by atoms with van der Waals surface area (Å²) < 4.78 is 38.2. The zero-order valence-electron chi connectivity index (χ0n) is 18.4. The maximum absolute atomic E-state index is 13.5. The molecular weight excluding hydrogens is 430 g/mol. The van der Waals surface area contributed by atoms with E-state index in [1.54, 1.807) is 17.0 Å². The summed E-state index contributed by atoms with van der Waals surface area (Å²) in [6, 6.07) is 13.2. The van der Waals surface area contributed by atoms with Gasteiger partial charge in [-0.3, -0.25) is 4.79 Å². The zero-order valence-corrected chi connectivity index (χ0v) is 19.3. The Morgan fingerprint density at radius 2 is 1.88 bits per heavy atom. The zero-order chi connectivity index (χ0) is 23.3. The molecule has 1 unspecified atom stereocenters. The Kier molecular flexibility index (Phi) is 7.51. The van der Waals surface area contributed by atoms with Gasteiger partial charge in [-0.15, -0.1) is 0 Å². The van der Waals surface area contributed by atoms with E-state index in [2.05, 4.69) is 6.07 Å². The third kappa shape index (κ3) is 4.78. The summed E-state index contributed by atoms with van der Waals surface area (Å²) in [4.78, 5) is 15.2. The van der Waals surface area contributed by atoms with Gasteiger partial charge in [0.1, 0.15) is 5.75 Å². The van der Waals surface area contributed by atoms with Gasteiger partial charge in [0.25, 0.3) is 5.91 Å². The third-order valence-corrected chi connectivity index (χ3v) is 7.50. The molecule has 1 atom stereocenters. The van der Waals surface area contributed by atoms with Crippen molar-refractivity contribution in [3.63, 3.8) is 0 Å². The van der Waals surface area contributed by atoms with E-state index in [4.69, 9.17) is 14.7 Å². The van der Waals surface area contributed by atoms with Crippen molar-refractivity contribution in [2.45, 2.75) is 24.8 Å². The number of carbonyl (C=O) groups is 1. The predicted molar refractivity (Wildman–Crippen MR) is 119 cm³/mol. The van der Waals surface area contributed by atoms with Crippen molar-refractivity contribution in [2.24, 2.45) is 0 Å². The summed E-state index contributed by atoms with van der Waals surface area (Å²) in [7, 11) is -2.31. The van der Waals surface area contributed by atoms with Gasteiger partial charge in [0, 0.05) is 19.6 Å². The van der Waals surface area contributed by atoms with Crippen LogP contribution in [-0.2, 0) is 14.8 Å². The van der Waals surface area contributed by atoms with Crippen LogP contribution >= 0.6 is 0 Å². The second kappa shape index (κ2) is 10.1. The minimum absolute atomic E-state index is 0.0469. The van der Waals surface area contributed by atoms with Gasteiger partial charge >= 0.3 is 0 Å². The van der Waals surface area contributed by atoms with Crippen molar-refractivity contribution < 1.29 is 22.7 Å². The molecule has 0 aliphatic carbocycles. The summed E-state index contributed by atoms with van der Waals surface area (Å²) in [5, 5.41) is 9.02. The highest BCUT2D eigenvalue weighted by Crippen LogP contribution is 2.29. The molecule has 1 heterocycles. The lowest BCUT2D eigenvalue weighted by Gasteiger charge is -2.30. The molecule has 2 aromatic carbocycles. The van der Waals surface area contributed by atoms with Crippen LogP contribution in [0.25, 0.3) is 0 Å². The van der Waals surface area contributed by atoms with Gasteiger partial charge in [-0.2, -0.15) is 9.57 Å². The number of nitriles is 1. The first kappa shape index (κ1) is 23.7. The van der Waals surface area contributed by atoms with Crippen molar-refractivity contribution >= 4 is 15.9 Å². The lowest BCUT2D eigenvalue weighted by molar-refractivity contribution is 0.0698. The first-order valence-corrected chi connectivity index (χ1v) is 11.8. The smallest absolute Gasteiger partial charge is 0.258 e. The maximum Gasteiger partial charge on any atom is 0.258 e. The fourth-order valence-electron chi connectivity index (χ4n) is 3.71. The predicted octanol–water partition coefficient (Wildman–Crippen LogP) is 2.81. The Morgan fingerprint density at radius 3 is 2.44 bits per heavy atom. The molecule has 32 heavy (non-hydrogen) atoms. The molecular formula is C23H27N3O5S. The standard InChI is InChI=1S/C23H27N3O5S/c1-4-26(17(2)19-7-5-18(16-24)6-8-19)23(27)21-15-20(9-10-22(21)30-3)32(28,29)25-11-13-31-14-12-25/h5-10,15,17H,4,11-14H2,1-3H3. The average molecular weight is 458 g/mol. The van der Waals surface area contributed by atoms with E-state index in [0.717, 1.165) is 5.56 Å². The van der Waals surface area contributed by atoms with Gasteiger partial charge in [0.2, 0.25) is 10.0 Å². The minimum Gasteiger partial charge on any atom is -0.496 e. The minimum atomic E-state index is -3.76. The SMILES string of the molecule is CCN(C(=O)c1cc(S(=O)(=O)N2CCOCC2)ccc1OC)C(C)c1ccc(C#N)cc1. The Hall–Kier alpha value is -2.93. The fraction of sp³-hybridized carbons (Fsp3) is 0.391. The van der Waals surface area contributed by atoms with Gasteiger partial charge in [0.15, 0.2) is 0 Å². The molecule has 0 spiro atoms. The lowest BCUT2D eigenvalue weighted by atomic mass is 10.0. The molecule has 9 heteroatoms. The summed E-state index contributed by atoms with van der Waals surface area (Å²) in [6.07, 6.45) is 0. The van der Waals surface area contributed by atoms with Crippen LogP contribution in [0.15, 0.2) is 47.4 Å². The normalized spacial score (nSPS) is 15.6. The number of nitrogens with zero attached hydrogens (tertiary/aromatic N) is 3. The van der Waals surface area contributed by atoms with E-state index in [1.165, 1.54) is 29.6 Å². The van der Waals surface area contributed by atoms with Gasteiger partial charge < -0.3 is 14.4 Å². The Bertz CT molecular complexity index is 1100. The maximum atomic E-state index is 13.5. The molecule has 0 aromatic heterocycles. The number of methoxy groups -OCH3 is 1. The number of morpholine rings is 1. The molecule has 2 aromatic rings. The number of carbonyl (C=O) groups excluding carboxylic acids is 1. The van der Waals surface area contributed by atoms with Crippen LogP contribution in [-0.4, -0.2) is 63.5 Å². The van der Waals surface area contributed by atoms with E-state index < -0.39 is 10.0 Å². The van der Waals surface area contributed by atoms with Crippen LogP contribution in [0.1, 0.15) is 41.4 Å². The number of hydrogen-bond donors (Lipinski definition) is 0. The van der Waals surface area contributed by atoms with Gasteiger partial charge in [-0.05, 0) is 49.7 Å². The van der Waals surface area contributed by atoms with Crippen LogP contribution in [0.4, 0.5) is 0 Å². The van der Waals surface area contributed by atoms with Crippen LogP contribution in [0, 0.1) is 11.3 Å². The molecule has 0 bridgehead atoms. The number of ether oxygens (including phenoxy) is 2. The first-order chi connectivity index (χ1) is 15.3. The van der Waals surface area contributed by atoms with Crippen molar-refractivity contribution in [1.82, 2.24) is 9.21 Å². The van der Waals surface area contributed by atoms with Crippen molar-refractivity contribution in [1.29, 1.82) is 5.26 Å². The number of benzene rings is 2. The van der Waals surface area contributed by atoms with E-state index >= 15 is 0 Å². The lowest BCUT2D eigenvalue weighted by Crippen LogP contribution is -2.40. The van der Waals surface area contributed by atoms with Gasteiger partial charge in [0.05, 0.1) is 48.5 Å². The second-order valence-corrected chi connectivity index (χ2v) is 9.32. The third-order valence-electron chi connectivity index (χ3n) is 5.60. The average Bonchev–Trinajstić information content (AvgIpc) is 2.84. The molecule has 1 saturated heterocycles. The molecule has 3 rings (SSSR count). The molecule has 170 valence electrons. The second-order valence-electron chi connectivity index (χ2n) is 7.38. The summed E-state index contributed by atoms with van der Waals surface area (Å²) in [5.74, 6) is -0.0263. The summed E-state index contributed by atoms with van der Waals surface area (Å²) in [6.45, 7) is 5.38. The number of rotatable bonds is 7. The number of sulfonamides is 1. The summed E-state index contributed by atoms with van der Waals surface area (Å²) in [5.41, 5.74) is 1.59. The highest BCUT2D eigenvalue weighted by Gasteiger charge is 2.30. The van der Waals surface area contributed by atoms with Crippen molar-refractivity contribution in [3.05, 3.63) is 59.2 Å². The molecule has 0 N–H and O–H groups in total. The molecule has 1 aliphatic heterocycles. The van der Waals surface area contributed by atoms with Crippen LogP contribution < -0.4 is 4.74 Å². The molecule has 0 radical (unpaired) electrons. The molecule has 1 fully saturated rings. The van der Waals surface area contributed by atoms with E-state index in [9.17, 15) is 13.2 Å². The molecule has 0 saturated carbocycles. The molecule has 1 aliphatic rings. The van der Waals surface area contributed by atoms with Crippen molar-refractivity contribution in [2.75, 3.05) is 40.0 Å². The molecule has 1 amide bonds. The number of hydrogen-bond acceptors (Lipinski definition) is 6. The van der Waals surface area contributed by atoms with Gasteiger partial charge in [-0.25, -0.2) is 8.42 Å². The van der Waals surface area contributed by atoms with Crippen LogP contribution in [0.3, 0.4) is 0 Å². The highest BCUT2D eigenvalue weighted by atomic mass is 32.2. The molecule has 8 nitrogen and oxygen atoms in total. The van der Waals surface area contributed by atoms with E-state index in [1.807, 2.05) is 26.0 Å². The van der Waals surface area contributed by atoms with Crippen LogP contribution in [0.5, 0.6) is 5.75 Å². The number of amides is 1. The largest absolute Gasteiger partial charge is 0.496 e. The Morgan fingerprint density at radius 1 is 1.22 bits per heavy atom. The quantitative estimate of drug-likeness (QED) is 0.634. The fourth-order valence-corrected chi connectivity index (χ4v) is 5.15. The van der Waals surface area contributed by atoms with E-state index in [0.29, 0.717) is 31.1 Å². The summed E-state index contributed by atoms with van der Waals surface area (Å²) >= 11 is 0. The highest BCUT2D eigenvalue weighted by molar-refractivity contribution is 7.89. The Labute approximate surface area is 189 Å². The van der Waals surface area contributed by atoms with E-state index in [-0.39, 0.29) is 35.5 Å². The first-order valence-electron chi connectivity index (χ1n) is 10.4. The Balaban J connectivity index is 1.95. The van der Waals surface area contributed by atoms with Crippen LogP contribution in [0.2, 0.25) is 0 Å².